The third-order valence-electron chi connectivity index (χ3n) is 2.17. The third kappa shape index (κ3) is 3.06. The standard InChI is InChI=1S/C10H10Br4/c1-6-3-8(5-11)9(4-7(6)2)10(12,13)14/h3-4H,5H2,1-2H3. The zero-order valence-corrected chi connectivity index (χ0v) is 14.2. The van der Waals surface area contributed by atoms with Crippen LogP contribution in [0.25, 0.3) is 0 Å². The molecule has 0 unspecified atom stereocenters. The van der Waals surface area contributed by atoms with E-state index >= 15 is 0 Å². The van der Waals surface area contributed by atoms with Crippen molar-refractivity contribution in [2.45, 2.75) is 21.3 Å². The molecular weight excluding hydrogens is 440 g/mol. The summed E-state index contributed by atoms with van der Waals surface area (Å²) < 4.78 is -0.325. The van der Waals surface area contributed by atoms with Crippen LogP contribution in [0.1, 0.15) is 22.3 Å². The number of alkyl halides is 4. The van der Waals surface area contributed by atoms with Crippen LogP contribution >= 0.6 is 63.7 Å². The molecule has 0 nitrogen and oxygen atoms in total. The maximum atomic E-state index is 3.55. The van der Waals surface area contributed by atoms with E-state index in [2.05, 4.69) is 89.7 Å². The first-order valence-corrected chi connectivity index (χ1v) is 7.59. The summed E-state index contributed by atoms with van der Waals surface area (Å²) in [7, 11) is 0. The van der Waals surface area contributed by atoms with E-state index in [1.807, 2.05) is 0 Å². The molecule has 0 amide bonds. The normalized spacial score (nSPS) is 11.9. The molecule has 0 aromatic heterocycles. The number of rotatable bonds is 1. The smallest absolute Gasteiger partial charge is 0.0876 e. The van der Waals surface area contributed by atoms with Gasteiger partial charge in [0.25, 0.3) is 0 Å². The molecule has 0 bridgehead atoms. The minimum Gasteiger partial charge on any atom is -0.0876 e. The van der Waals surface area contributed by atoms with Crippen molar-refractivity contribution in [2.24, 2.45) is 0 Å². The van der Waals surface area contributed by atoms with Crippen molar-refractivity contribution in [3.8, 4) is 0 Å². The number of aryl methyl sites for hydroxylation is 2. The van der Waals surface area contributed by atoms with Gasteiger partial charge in [-0.25, -0.2) is 0 Å². The Bertz CT molecular complexity index is 339. The highest BCUT2D eigenvalue weighted by Crippen LogP contribution is 2.46. The fourth-order valence-electron chi connectivity index (χ4n) is 1.25. The molecule has 4 heteroatoms. The van der Waals surface area contributed by atoms with Crippen LogP contribution in [0.4, 0.5) is 0 Å². The first-order chi connectivity index (χ1) is 6.36. The Balaban J connectivity index is 3.35. The molecule has 0 spiro atoms. The first kappa shape index (κ1) is 13.2. The summed E-state index contributed by atoms with van der Waals surface area (Å²) in [6, 6.07) is 4.39. The van der Waals surface area contributed by atoms with Crippen molar-refractivity contribution in [2.75, 3.05) is 0 Å². The minimum absolute atomic E-state index is 0.325. The molecule has 0 atom stereocenters. The van der Waals surface area contributed by atoms with Crippen LogP contribution in [0, 0.1) is 13.8 Å². The van der Waals surface area contributed by atoms with Crippen LogP contribution < -0.4 is 0 Å². The van der Waals surface area contributed by atoms with Crippen LogP contribution in [-0.2, 0) is 7.47 Å². The number of hydrogen-bond acceptors (Lipinski definition) is 0. The van der Waals surface area contributed by atoms with Crippen molar-refractivity contribution >= 4 is 63.7 Å². The lowest BCUT2D eigenvalue weighted by molar-refractivity contribution is 1.20. The van der Waals surface area contributed by atoms with Gasteiger partial charge in [0.05, 0.1) is 0 Å². The van der Waals surface area contributed by atoms with Crippen LogP contribution in [0.5, 0.6) is 0 Å². The summed E-state index contributed by atoms with van der Waals surface area (Å²) in [5.74, 6) is 0. The lowest BCUT2D eigenvalue weighted by Crippen LogP contribution is -2.04. The Morgan fingerprint density at radius 1 is 1.07 bits per heavy atom. The maximum absolute atomic E-state index is 3.55. The fraction of sp³-hybridized carbons (Fsp3) is 0.400. The molecule has 0 fully saturated rings. The fourth-order valence-corrected chi connectivity index (χ4v) is 2.82. The summed E-state index contributed by atoms with van der Waals surface area (Å²) in [6.45, 7) is 4.25. The van der Waals surface area contributed by atoms with E-state index in [-0.39, 0.29) is 2.14 Å². The largest absolute Gasteiger partial charge is 0.160 e. The van der Waals surface area contributed by atoms with Gasteiger partial charge in [0.2, 0.25) is 0 Å². The maximum Gasteiger partial charge on any atom is 0.160 e. The highest BCUT2D eigenvalue weighted by Gasteiger charge is 2.24. The predicted octanol–water partition coefficient (Wildman–Crippen LogP) is 5.49. The van der Waals surface area contributed by atoms with E-state index in [0.29, 0.717) is 0 Å². The third-order valence-corrected chi connectivity index (χ3v) is 4.05. The monoisotopic (exact) mass is 446 g/mol. The van der Waals surface area contributed by atoms with Gasteiger partial charge < -0.3 is 0 Å². The van der Waals surface area contributed by atoms with Gasteiger partial charge in [-0.2, -0.15) is 0 Å². The van der Waals surface area contributed by atoms with E-state index in [4.69, 9.17) is 0 Å². The van der Waals surface area contributed by atoms with Gasteiger partial charge >= 0.3 is 0 Å². The minimum atomic E-state index is -0.325. The molecule has 0 heterocycles. The Morgan fingerprint density at radius 3 is 2.00 bits per heavy atom. The molecule has 78 valence electrons. The SMILES string of the molecule is Cc1cc(CBr)c(C(Br)(Br)Br)cc1C. The molecular formula is C10H10Br4. The lowest BCUT2D eigenvalue weighted by atomic mass is 10.0. The summed E-state index contributed by atoms with van der Waals surface area (Å²) in [5.41, 5.74) is 5.10. The van der Waals surface area contributed by atoms with Gasteiger partial charge in [-0.05, 0) is 36.1 Å². The van der Waals surface area contributed by atoms with Crippen molar-refractivity contribution in [1.29, 1.82) is 0 Å². The Kier molecular flexibility index (Phi) is 4.70. The van der Waals surface area contributed by atoms with Gasteiger partial charge in [0.1, 0.15) is 0 Å². The average molecular weight is 450 g/mol. The van der Waals surface area contributed by atoms with Crippen molar-refractivity contribution in [1.82, 2.24) is 0 Å². The first-order valence-electron chi connectivity index (χ1n) is 4.09. The van der Waals surface area contributed by atoms with Crippen molar-refractivity contribution in [3.05, 3.63) is 34.4 Å². The van der Waals surface area contributed by atoms with E-state index < -0.39 is 0 Å². The zero-order valence-electron chi connectivity index (χ0n) is 7.87. The Morgan fingerprint density at radius 2 is 1.57 bits per heavy atom. The molecule has 1 rings (SSSR count). The zero-order chi connectivity index (χ0) is 10.9. The van der Waals surface area contributed by atoms with Crippen LogP contribution in [0.3, 0.4) is 0 Å². The quantitative estimate of drug-likeness (QED) is 0.497. The van der Waals surface area contributed by atoms with Crippen molar-refractivity contribution in [3.63, 3.8) is 0 Å². The highest BCUT2D eigenvalue weighted by atomic mass is 80.0. The van der Waals surface area contributed by atoms with Gasteiger partial charge in [0, 0.05) is 5.33 Å². The molecule has 0 saturated carbocycles. The van der Waals surface area contributed by atoms with Gasteiger partial charge in [-0.15, -0.1) is 0 Å². The second kappa shape index (κ2) is 4.98. The molecule has 0 radical (unpaired) electrons. The molecule has 0 aliphatic heterocycles. The van der Waals surface area contributed by atoms with E-state index in [9.17, 15) is 0 Å². The molecule has 1 aromatic carbocycles. The summed E-state index contributed by atoms with van der Waals surface area (Å²) >= 11 is 14.1. The van der Waals surface area contributed by atoms with Crippen LogP contribution in [-0.4, -0.2) is 0 Å². The topological polar surface area (TPSA) is 0 Å². The van der Waals surface area contributed by atoms with Crippen LogP contribution in [0.15, 0.2) is 12.1 Å². The summed E-state index contributed by atoms with van der Waals surface area (Å²) in [4.78, 5) is 0. The van der Waals surface area contributed by atoms with Crippen LogP contribution in [0.2, 0.25) is 0 Å². The summed E-state index contributed by atoms with van der Waals surface area (Å²) in [6.07, 6.45) is 0. The molecule has 0 aliphatic carbocycles. The second-order valence-corrected chi connectivity index (χ2v) is 10.5. The van der Waals surface area contributed by atoms with E-state index in [1.165, 1.54) is 22.3 Å². The number of benzene rings is 1. The van der Waals surface area contributed by atoms with E-state index in [1.54, 1.807) is 0 Å². The molecule has 1 aromatic rings. The van der Waals surface area contributed by atoms with E-state index in [0.717, 1.165) is 5.33 Å². The molecule has 0 saturated heterocycles. The highest BCUT2D eigenvalue weighted by molar-refractivity contribution is 9.38. The number of hydrogen-bond donors (Lipinski definition) is 0. The molecule has 14 heavy (non-hydrogen) atoms. The average Bonchev–Trinajstić information content (AvgIpc) is 2.07. The number of halogens is 4. The molecule has 0 aliphatic rings. The Hall–Kier alpha value is 1.14. The van der Waals surface area contributed by atoms with Gasteiger partial charge in [-0.1, -0.05) is 75.9 Å². The van der Waals surface area contributed by atoms with Gasteiger partial charge in [0.15, 0.2) is 2.14 Å². The lowest BCUT2D eigenvalue weighted by Gasteiger charge is -2.18. The summed E-state index contributed by atoms with van der Waals surface area (Å²) in [5, 5.41) is 0.855. The molecule has 0 N–H and O–H groups in total. The van der Waals surface area contributed by atoms with Crippen molar-refractivity contribution < 1.29 is 0 Å². The second-order valence-electron chi connectivity index (χ2n) is 3.23. The van der Waals surface area contributed by atoms with Gasteiger partial charge in [-0.3, -0.25) is 0 Å². The Labute approximate surface area is 118 Å². The predicted molar refractivity (Wildman–Crippen MR) is 77.0 cm³/mol.